The molecule has 1 fully saturated rings. The van der Waals surface area contributed by atoms with E-state index in [0.29, 0.717) is 13.2 Å². The molecule has 2 aromatic rings. The van der Waals surface area contributed by atoms with Crippen molar-refractivity contribution in [3.63, 3.8) is 0 Å². The molecule has 0 saturated carbocycles. The van der Waals surface area contributed by atoms with Crippen LogP contribution in [0, 0.1) is 5.92 Å². The maximum absolute atomic E-state index is 12.4. The third-order valence-electron chi connectivity index (χ3n) is 4.73. The van der Waals surface area contributed by atoms with Crippen molar-refractivity contribution in [1.82, 2.24) is 5.43 Å². The van der Waals surface area contributed by atoms with Crippen LogP contribution in [0.1, 0.15) is 31.4 Å². The average Bonchev–Trinajstić information content (AvgIpc) is 3.11. The van der Waals surface area contributed by atoms with Gasteiger partial charge in [0.1, 0.15) is 5.75 Å². The SMILES string of the molecule is CCOc1ccc(/C=N/NC(=O)[C@@H]2CC(=O)N(c3ccc(CC)cc3)C2)cc1. The van der Waals surface area contributed by atoms with Gasteiger partial charge < -0.3 is 9.64 Å². The Bertz CT molecular complexity index is 844. The molecule has 0 radical (unpaired) electrons. The molecule has 2 amide bonds. The Hall–Kier alpha value is -3.15. The maximum atomic E-state index is 12.4. The van der Waals surface area contributed by atoms with Crippen molar-refractivity contribution < 1.29 is 14.3 Å². The van der Waals surface area contributed by atoms with Crippen molar-refractivity contribution in [1.29, 1.82) is 0 Å². The lowest BCUT2D eigenvalue weighted by molar-refractivity contribution is -0.126. The number of carbonyl (C=O) groups excluding carboxylic acids is 2. The van der Waals surface area contributed by atoms with Crippen molar-refractivity contribution >= 4 is 23.7 Å². The highest BCUT2D eigenvalue weighted by Gasteiger charge is 2.35. The summed E-state index contributed by atoms with van der Waals surface area (Å²) in [6.07, 6.45) is 2.72. The highest BCUT2D eigenvalue weighted by atomic mass is 16.5. The molecular weight excluding hydrogens is 354 g/mol. The second kappa shape index (κ2) is 9.17. The number of ether oxygens (including phenoxy) is 1. The van der Waals surface area contributed by atoms with E-state index in [1.807, 2.05) is 55.5 Å². The van der Waals surface area contributed by atoms with Crippen LogP contribution in [0.3, 0.4) is 0 Å². The summed E-state index contributed by atoms with van der Waals surface area (Å²) < 4.78 is 5.39. The predicted octanol–water partition coefficient (Wildman–Crippen LogP) is 3.15. The normalized spacial score (nSPS) is 16.6. The summed E-state index contributed by atoms with van der Waals surface area (Å²) in [5.74, 6) is 0.0964. The Labute approximate surface area is 165 Å². The standard InChI is InChI=1S/C22H25N3O3/c1-3-16-5-9-19(10-6-16)25-15-18(13-21(25)26)22(27)24-23-14-17-7-11-20(12-8-17)28-4-2/h5-12,14,18H,3-4,13,15H2,1-2H3,(H,24,27)/b23-14+/t18-/m1/s1. The number of nitrogens with one attached hydrogen (secondary N) is 1. The van der Waals surface area contributed by atoms with E-state index in [1.165, 1.54) is 5.56 Å². The van der Waals surface area contributed by atoms with E-state index in [9.17, 15) is 9.59 Å². The zero-order chi connectivity index (χ0) is 19.9. The van der Waals surface area contributed by atoms with Gasteiger partial charge >= 0.3 is 0 Å². The van der Waals surface area contributed by atoms with Crippen LogP contribution in [0.4, 0.5) is 5.69 Å². The van der Waals surface area contributed by atoms with Crippen LogP contribution in [-0.2, 0) is 16.0 Å². The molecule has 1 heterocycles. The van der Waals surface area contributed by atoms with Gasteiger partial charge in [-0.15, -0.1) is 0 Å². The third-order valence-corrected chi connectivity index (χ3v) is 4.73. The molecule has 6 nitrogen and oxygen atoms in total. The minimum absolute atomic E-state index is 0.0418. The monoisotopic (exact) mass is 379 g/mol. The second-order valence-electron chi connectivity index (χ2n) is 6.66. The highest BCUT2D eigenvalue weighted by Crippen LogP contribution is 2.25. The lowest BCUT2D eigenvalue weighted by Crippen LogP contribution is -2.30. The summed E-state index contributed by atoms with van der Waals surface area (Å²) in [6.45, 7) is 5.00. The van der Waals surface area contributed by atoms with E-state index < -0.39 is 5.92 Å². The lowest BCUT2D eigenvalue weighted by atomic mass is 10.1. The molecule has 1 saturated heterocycles. The van der Waals surface area contributed by atoms with Crippen LogP contribution in [0.5, 0.6) is 5.75 Å². The number of hydrazone groups is 1. The van der Waals surface area contributed by atoms with E-state index in [4.69, 9.17) is 4.74 Å². The molecule has 0 spiro atoms. The average molecular weight is 379 g/mol. The van der Waals surface area contributed by atoms with Gasteiger partial charge in [0.25, 0.3) is 0 Å². The van der Waals surface area contributed by atoms with E-state index >= 15 is 0 Å². The molecule has 0 unspecified atom stereocenters. The molecule has 146 valence electrons. The van der Waals surface area contributed by atoms with Gasteiger partial charge in [-0.3, -0.25) is 9.59 Å². The molecule has 1 N–H and O–H groups in total. The molecule has 1 atom stereocenters. The number of carbonyl (C=O) groups is 2. The number of hydrogen-bond acceptors (Lipinski definition) is 4. The molecule has 1 aliphatic rings. The Kier molecular flexibility index (Phi) is 6.42. The minimum atomic E-state index is -0.407. The fraction of sp³-hybridized carbons (Fsp3) is 0.318. The van der Waals surface area contributed by atoms with Crippen molar-refractivity contribution in [2.24, 2.45) is 11.0 Å². The first-order valence-electron chi connectivity index (χ1n) is 9.55. The number of benzene rings is 2. The smallest absolute Gasteiger partial charge is 0.245 e. The Morgan fingerprint density at radius 2 is 1.89 bits per heavy atom. The van der Waals surface area contributed by atoms with Gasteiger partial charge in [0, 0.05) is 18.7 Å². The first-order chi connectivity index (χ1) is 13.6. The molecule has 2 aromatic carbocycles. The number of aryl methyl sites for hydroxylation is 1. The van der Waals surface area contributed by atoms with Crippen LogP contribution in [-0.4, -0.2) is 31.2 Å². The van der Waals surface area contributed by atoms with Gasteiger partial charge in [-0.1, -0.05) is 19.1 Å². The summed E-state index contributed by atoms with van der Waals surface area (Å²) in [5, 5.41) is 4.01. The predicted molar refractivity (Wildman–Crippen MR) is 110 cm³/mol. The number of anilines is 1. The van der Waals surface area contributed by atoms with Crippen molar-refractivity contribution in [2.45, 2.75) is 26.7 Å². The molecule has 3 rings (SSSR count). The fourth-order valence-electron chi connectivity index (χ4n) is 3.12. The van der Waals surface area contributed by atoms with Gasteiger partial charge in [0.2, 0.25) is 11.8 Å². The fourth-order valence-corrected chi connectivity index (χ4v) is 3.12. The van der Waals surface area contributed by atoms with Crippen LogP contribution < -0.4 is 15.1 Å². The zero-order valence-corrected chi connectivity index (χ0v) is 16.2. The Morgan fingerprint density at radius 3 is 2.54 bits per heavy atom. The van der Waals surface area contributed by atoms with Crippen LogP contribution in [0.2, 0.25) is 0 Å². The number of hydrogen-bond donors (Lipinski definition) is 1. The van der Waals surface area contributed by atoms with Crippen LogP contribution in [0.25, 0.3) is 0 Å². The van der Waals surface area contributed by atoms with E-state index in [2.05, 4.69) is 17.5 Å². The van der Waals surface area contributed by atoms with Gasteiger partial charge in [-0.25, -0.2) is 5.43 Å². The lowest BCUT2D eigenvalue weighted by Gasteiger charge is -2.16. The Morgan fingerprint density at radius 1 is 1.18 bits per heavy atom. The summed E-state index contributed by atoms with van der Waals surface area (Å²) in [6, 6.07) is 15.3. The van der Waals surface area contributed by atoms with Crippen molar-refractivity contribution in [3.05, 3.63) is 59.7 Å². The van der Waals surface area contributed by atoms with Crippen molar-refractivity contribution in [3.8, 4) is 5.75 Å². The summed E-state index contributed by atoms with van der Waals surface area (Å²) in [4.78, 5) is 26.4. The molecule has 0 aliphatic carbocycles. The highest BCUT2D eigenvalue weighted by molar-refractivity contribution is 6.00. The Balaban J connectivity index is 1.55. The molecular formula is C22H25N3O3. The van der Waals surface area contributed by atoms with E-state index in [0.717, 1.165) is 23.4 Å². The maximum Gasteiger partial charge on any atom is 0.245 e. The van der Waals surface area contributed by atoms with Crippen LogP contribution in [0.15, 0.2) is 53.6 Å². The molecule has 28 heavy (non-hydrogen) atoms. The third kappa shape index (κ3) is 4.76. The molecule has 6 heteroatoms. The number of nitrogens with zero attached hydrogens (tertiary/aromatic N) is 2. The zero-order valence-electron chi connectivity index (χ0n) is 16.2. The van der Waals surface area contributed by atoms with Crippen molar-refractivity contribution in [2.75, 3.05) is 18.1 Å². The van der Waals surface area contributed by atoms with Gasteiger partial charge in [0.05, 0.1) is 18.7 Å². The van der Waals surface area contributed by atoms with E-state index in [1.54, 1.807) is 11.1 Å². The van der Waals surface area contributed by atoms with Gasteiger partial charge in [-0.2, -0.15) is 5.10 Å². The molecule has 0 aromatic heterocycles. The quantitative estimate of drug-likeness (QED) is 0.593. The molecule has 1 aliphatic heterocycles. The first-order valence-corrected chi connectivity index (χ1v) is 9.55. The summed E-state index contributed by atoms with van der Waals surface area (Å²) in [7, 11) is 0. The number of amides is 2. The molecule has 0 bridgehead atoms. The van der Waals surface area contributed by atoms with E-state index in [-0.39, 0.29) is 18.2 Å². The topological polar surface area (TPSA) is 71.0 Å². The van der Waals surface area contributed by atoms with Gasteiger partial charge in [-0.05, 0) is 60.9 Å². The minimum Gasteiger partial charge on any atom is -0.494 e. The number of rotatable bonds is 7. The summed E-state index contributed by atoms with van der Waals surface area (Å²) in [5.41, 5.74) is 5.44. The first kappa shape index (κ1) is 19.6. The largest absolute Gasteiger partial charge is 0.494 e. The van der Waals surface area contributed by atoms with Gasteiger partial charge in [0.15, 0.2) is 0 Å². The summed E-state index contributed by atoms with van der Waals surface area (Å²) >= 11 is 0. The second-order valence-corrected chi connectivity index (χ2v) is 6.66. The van der Waals surface area contributed by atoms with Crippen LogP contribution >= 0.6 is 0 Å².